The molecule has 1 heterocycles. The molecule has 1 aliphatic heterocycles. The predicted molar refractivity (Wildman–Crippen MR) is 114 cm³/mol. The highest BCUT2D eigenvalue weighted by Gasteiger charge is 2.32. The number of hydrogen-bond donors (Lipinski definition) is 1. The van der Waals surface area contributed by atoms with Crippen LogP contribution in [0.4, 0.5) is 18.9 Å². The highest BCUT2D eigenvalue weighted by Crippen LogP contribution is 2.41. The summed E-state index contributed by atoms with van der Waals surface area (Å²) < 4.78 is 70.9. The third-order valence-electron chi connectivity index (χ3n) is 4.79. The first-order valence-corrected chi connectivity index (χ1v) is 11.2. The van der Waals surface area contributed by atoms with E-state index in [2.05, 4.69) is 4.72 Å². The number of anilines is 1. The predicted octanol–water partition coefficient (Wildman–Crippen LogP) is 5.56. The summed E-state index contributed by atoms with van der Waals surface area (Å²) in [5.41, 5.74) is 3.18. The number of hydrogen-bond acceptors (Lipinski definition) is 3. The topological polar surface area (TPSA) is 55.4 Å². The van der Waals surface area contributed by atoms with E-state index < -0.39 is 21.8 Å². The van der Waals surface area contributed by atoms with Crippen molar-refractivity contribution in [2.45, 2.75) is 12.8 Å². The van der Waals surface area contributed by atoms with Gasteiger partial charge in [0.25, 0.3) is 0 Å². The van der Waals surface area contributed by atoms with Gasteiger partial charge in [-0.1, -0.05) is 42.5 Å². The van der Waals surface area contributed by atoms with E-state index in [-0.39, 0.29) is 12.4 Å². The van der Waals surface area contributed by atoms with Crippen LogP contribution in [0.1, 0.15) is 27.8 Å². The third kappa shape index (κ3) is 4.74. The highest BCUT2D eigenvalue weighted by atomic mass is 32.2. The fourth-order valence-electron chi connectivity index (χ4n) is 3.48. The lowest BCUT2D eigenvalue weighted by molar-refractivity contribution is -0.137. The van der Waals surface area contributed by atoms with Crippen LogP contribution < -0.4 is 9.46 Å². The molecule has 160 valence electrons. The van der Waals surface area contributed by atoms with Gasteiger partial charge in [-0.3, -0.25) is 4.72 Å². The molecule has 3 aromatic rings. The van der Waals surface area contributed by atoms with Crippen molar-refractivity contribution >= 4 is 27.4 Å². The van der Waals surface area contributed by atoms with Crippen molar-refractivity contribution < 1.29 is 26.3 Å². The maximum Gasteiger partial charge on any atom is 0.416 e. The first-order chi connectivity index (χ1) is 14.6. The Morgan fingerprint density at radius 2 is 1.74 bits per heavy atom. The summed E-state index contributed by atoms with van der Waals surface area (Å²) in [6.45, 7) is 0.136. The zero-order valence-electron chi connectivity index (χ0n) is 16.4. The highest BCUT2D eigenvalue weighted by molar-refractivity contribution is 7.92. The Balaban J connectivity index is 1.88. The van der Waals surface area contributed by atoms with Crippen LogP contribution in [0.3, 0.4) is 0 Å². The molecular formula is C23H18F3NO3S. The molecule has 8 heteroatoms. The second kappa shape index (κ2) is 7.77. The van der Waals surface area contributed by atoms with Crippen molar-refractivity contribution in [2.24, 2.45) is 0 Å². The van der Waals surface area contributed by atoms with E-state index in [1.165, 1.54) is 6.07 Å². The minimum absolute atomic E-state index is 0.136. The molecule has 0 radical (unpaired) electrons. The maximum atomic E-state index is 13.2. The summed E-state index contributed by atoms with van der Waals surface area (Å²) in [4.78, 5) is 0. The molecule has 0 unspecified atom stereocenters. The quantitative estimate of drug-likeness (QED) is 0.575. The minimum Gasteiger partial charge on any atom is -0.488 e. The molecule has 0 atom stereocenters. The molecule has 0 spiro atoms. The van der Waals surface area contributed by atoms with E-state index in [9.17, 15) is 21.6 Å². The molecule has 3 aromatic carbocycles. The van der Waals surface area contributed by atoms with Gasteiger partial charge in [-0.2, -0.15) is 13.2 Å². The van der Waals surface area contributed by atoms with Crippen molar-refractivity contribution in [1.82, 2.24) is 0 Å². The molecule has 4 rings (SSSR count). The fraction of sp³-hybridized carbons (Fsp3) is 0.130. The molecule has 0 saturated heterocycles. The molecule has 1 aliphatic rings. The standard InChI is InChI=1S/C23H18F3NO3S/c1-31(28,29)27-18-7-4-5-15(11-18)12-21-19-8-3-2-6-16(19)14-30-22-13-17(23(24,25)26)9-10-20(21)22/h2-13,27H,14H2,1H3/b21-12+. The molecule has 0 bridgehead atoms. The monoisotopic (exact) mass is 445 g/mol. The van der Waals surface area contributed by atoms with E-state index >= 15 is 0 Å². The van der Waals surface area contributed by atoms with E-state index in [1.54, 1.807) is 24.3 Å². The van der Waals surface area contributed by atoms with Gasteiger partial charge in [0.05, 0.1) is 11.8 Å². The maximum absolute atomic E-state index is 13.2. The summed E-state index contributed by atoms with van der Waals surface area (Å²) in [5.74, 6) is 0.141. The van der Waals surface area contributed by atoms with Gasteiger partial charge in [-0.15, -0.1) is 0 Å². The summed E-state index contributed by atoms with van der Waals surface area (Å²) >= 11 is 0. The van der Waals surface area contributed by atoms with E-state index in [4.69, 9.17) is 4.74 Å². The van der Waals surface area contributed by atoms with Gasteiger partial charge < -0.3 is 4.74 Å². The molecule has 4 nitrogen and oxygen atoms in total. The molecule has 0 aromatic heterocycles. The average Bonchev–Trinajstić information content (AvgIpc) is 2.83. The van der Waals surface area contributed by atoms with Crippen LogP contribution in [-0.4, -0.2) is 14.7 Å². The Morgan fingerprint density at radius 1 is 0.968 bits per heavy atom. The Bertz CT molecular complexity index is 1280. The van der Waals surface area contributed by atoms with Gasteiger partial charge in [-0.25, -0.2) is 8.42 Å². The summed E-state index contributed by atoms with van der Waals surface area (Å²) in [6.07, 6.45) is -1.61. The number of ether oxygens (including phenoxy) is 1. The summed E-state index contributed by atoms with van der Waals surface area (Å²) in [7, 11) is -3.45. The Kier molecular flexibility index (Phi) is 5.26. The summed E-state index contributed by atoms with van der Waals surface area (Å²) in [6, 6.07) is 17.7. The lowest BCUT2D eigenvalue weighted by Gasteiger charge is -2.14. The second-order valence-corrected chi connectivity index (χ2v) is 8.96. The molecule has 0 fully saturated rings. The van der Waals surface area contributed by atoms with Crippen molar-refractivity contribution in [3.8, 4) is 5.75 Å². The number of halogens is 3. The number of benzene rings is 3. The number of fused-ring (bicyclic) bond motifs is 2. The first-order valence-electron chi connectivity index (χ1n) is 9.32. The molecule has 31 heavy (non-hydrogen) atoms. The van der Waals surface area contributed by atoms with Crippen LogP contribution in [0, 0.1) is 0 Å². The van der Waals surface area contributed by atoms with Crippen LogP contribution in [0.15, 0.2) is 66.7 Å². The van der Waals surface area contributed by atoms with Crippen LogP contribution in [0.5, 0.6) is 5.75 Å². The van der Waals surface area contributed by atoms with Gasteiger partial charge >= 0.3 is 6.18 Å². The lowest BCUT2D eigenvalue weighted by Crippen LogP contribution is -2.09. The Hall–Kier alpha value is -3.26. The molecular weight excluding hydrogens is 427 g/mol. The van der Waals surface area contributed by atoms with Gasteiger partial charge in [0.2, 0.25) is 10.0 Å². The van der Waals surface area contributed by atoms with Crippen molar-refractivity contribution in [1.29, 1.82) is 0 Å². The molecule has 1 N–H and O–H groups in total. The fourth-order valence-corrected chi connectivity index (χ4v) is 4.03. The second-order valence-electron chi connectivity index (χ2n) is 7.21. The normalized spacial score (nSPS) is 14.9. The van der Waals surface area contributed by atoms with E-state index in [1.807, 2.05) is 30.3 Å². The Labute approximate surface area is 178 Å². The van der Waals surface area contributed by atoms with Crippen LogP contribution in [0.25, 0.3) is 11.6 Å². The minimum atomic E-state index is -4.48. The largest absolute Gasteiger partial charge is 0.488 e. The van der Waals surface area contributed by atoms with Gasteiger partial charge in [0.15, 0.2) is 0 Å². The third-order valence-corrected chi connectivity index (χ3v) is 5.40. The lowest BCUT2D eigenvalue weighted by atomic mass is 9.92. The number of sulfonamides is 1. The van der Waals surface area contributed by atoms with Gasteiger partial charge in [-0.05, 0) is 52.6 Å². The van der Waals surface area contributed by atoms with Crippen LogP contribution in [-0.2, 0) is 22.8 Å². The molecule has 0 saturated carbocycles. The van der Waals surface area contributed by atoms with E-state index in [0.29, 0.717) is 22.4 Å². The van der Waals surface area contributed by atoms with Crippen molar-refractivity contribution in [2.75, 3.05) is 11.0 Å². The Morgan fingerprint density at radius 3 is 2.48 bits per heavy atom. The number of alkyl halides is 3. The zero-order valence-corrected chi connectivity index (χ0v) is 17.2. The van der Waals surface area contributed by atoms with Gasteiger partial charge in [0.1, 0.15) is 12.4 Å². The smallest absolute Gasteiger partial charge is 0.416 e. The molecule has 0 amide bonds. The first kappa shape index (κ1) is 21.0. The SMILES string of the molecule is CS(=O)(=O)Nc1cccc(/C=C2\c3ccccc3COc3cc(C(F)(F)F)ccc32)c1. The van der Waals surface area contributed by atoms with E-state index in [0.717, 1.165) is 29.5 Å². The van der Waals surface area contributed by atoms with Crippen LogP contribution in [0.2, 0.25) is 0 Å². The zero-order chi connectivity index (χ0) is 22.2. The van der Waals surface area contributed by atoms with Crippen LogP contribution >= 0.6 is 0 Å². The van der Waals surface area contributed by atoms with Crippen molar-refractivity contribution in [3.05, 3.63) is 94.5 Å². The van der Waals surface area contributed by atoms with Gasteiger partial charge in [0, 0.05) is 11.3 Å². The average molecular weight is 445 g/mol. The summed E-state index contributed by atoms with van der Waals surface area (Å²) in [5, 5.41) is 0. The number of nitrogens with one attached hydrogen (secondary N) is 1. The van der Waals surface area contributed by atoms with Crippen molar-refractivity contribution in [3.63, 3.8) is 0 Å². The molecule has 0 aliphatic carbocycles. The number of rotatable bonds is 3.